The molecule has 0 N–H and O–H groups in total. The number of aryl methyl sites for hydroxylation is 1. The van der Waals surface area contributed by atoms with Crippen molar-refractivity contribution in [2.24, 2.45) is 5.92 Å². The molecule has 27 heavy (non-hydrogen) atoms. The third-order valence-electron chi connectivity index (χ3n) is 5.45. The molecule has 0 saturated carbocycles. The maximum atomic E-state index is 12.5. The molecule has 2 aromatic carbocycles. The van der Waals surface area contributed by atoms with Gasteiger partial charge in [0.15, 0.2) is 0 Å². The molecule has 1 aliphatic carbocycles. The fraction of sp³-hybridized carbons (Fsp3) is 0.348. The Balaban J connectivity index is 1.69. The van der Waals surface area contributed by atoms with Crippen LogP contribution in [0.2, 0.25) is 0 Å². The van der Waals surface area contributed by atoms with E-state index < -0.39 is 0 Å². The summed E-state index contributed by atoms with van der Waals surface area (Å²) in [6.45, 7) is 4.61. The minimum absolute atomic E-state index is 0.197. The molecule has 140 valence electrons. The molecule has 0 radical (unpaired) electrons. The summed E-state index contributed by atoms with van der Waals surface area (Å²) in [4.78, 5) is 12.5. The molecule has 0 spiro atoms. The Kier molecular flexibility index (Phi) is 4.65. The molecule has 1 aromatic heterocycles. The third kappa shape index (κ3) is 3.32. The zero-order chi connectivity index (χ0) is 19.0. The molecule has 0 amide bonds. The molecular formula is C23H24O4. The van der Waals surface area contributed by atoms with Crippen molar-refractivity contribution in [3.05, 3.63) is 69.1 Å². The van der Waals surface area contributed by atoms with E-state index in [1.807, 2.05) is 43.3 Å². The van der Waals surface area contributed by atoms with Gasteiger partial charge in [0.05, 0.1) is 7.11 Å². The van der Waals surface area contributed by atoms with Gasteiger partial charge >= 0.3 is 5.63 Å². The molecule has 4 rings (SSSR count). The van der Waals surface area contributed by atoms with Gasteiger partial charge in [0.2, 0.25) is 0 Å². The molecular weight excluding hydrogens is 340 g/mol. The van der Waals surface area contributed by atoms with Crippen molar-refractivity contribution < 1.29 is 13.9 Å². The fourth-order valence-electron chi connectivity index (χ4n) is 3.89. The van der Waals surface area contributed by atoms with Gasteiger partial charge in [-0.25, -0.2) is 4.79 Å². The van der Waals surface area contributed by atoms with E-state index in [2.05, 4.69) is 6.92 Å². The van der Waals surface area contributed by atoms with Crippen molar-refractivity contribution in [3.63, 3.8) is 0 Å². The number of ether oxygens (including phenoxy) is 2. The monoisotopic (exact) mass is 364 g/mol. The Hall–Kier alpha value is -2.75. The normalized spacial score (nSPS) is 16.2. The third-order valence-corrected chi connectivity index (χ3v) is 5.45. The number of hydrogen-bond donors (Lipinski definition) is 0. The SMILES string of the molecule is COc1cccc(COc2ccc3c4c(c(=O)oc3c2C)CCC(C)C4)c1. The predicted molar refractivity (Wildman–Crippen MR) is 106 cm³/mol. The quantitative estimate of drug-likeness (QED) is 0.623. The summed E-state index contributed by atoms with van der Waals surface area (Å²) in [5, 5.41) is 1.04. The van der Waals surface area contributed by atoms with Crippen LogP contribution in [0.15, 0.2) is 45.6 Å². The van der Waals surface area contributed by atoms with Gasteiger partial charge in [-0.1, -0.05) is 19.1 Å². The first-order chi connectivity index (χ1) is 13.1. The van der Waals surface area contributed by atoms with E-state index in [-0.39, 0.29) is 5.63 Å². The molecule has 0 aliphatic heterocycles. The van der Waals surface area contributed by atoms with Gasteiger partial charge in [0.1, 0.15) is 23.7 Å². The van der Waals surface area contributed by atoms with Crippen LogP contribution in [0.4, 0.5) is 0 Å². The smallest absolute Gasteiger partial charge is 0.339 e. The largest absolute Gasteiger partial charge is 0.497 e. The topological polar surface area (TPSA) is 48.7 Å². The van der Waals surface area contributed by atoms with Gasteiger partial charge in [-0.15, -0.1) is 0 Å². The van der Waals surface area contributed by atoms with Gasteiger partial charge in [-0.05, 0) is 67.5 Å². The summed E-state index contributed by atoms with van der Waals surface area (Å²) >= 11 is 0. The van der Waals surface area contributed by atoms with E-state index in [1.54, 1.807) is 7.11 Å². The maximum absolute atomic E-state index is 12.5. The van der Waals surface area contributed by atoms with Crippen LogP contribution in [0.1, 0.15) is 35.6 Å². The molecule has 0 bridgehead atoms. The summed E-state index contributed by atoms with van der Waals surface area (Å²) in [5.74, 6) is 2.13. The molecule has 4 nitrogen and oxygen atoms in total. The predicted octanol–water partition coefficient (Wildman–Crippen LogP) is 4.81. The van der Waals surface area contributed by atoms with Crippen LogP contribution >= 0.6 is 0 Å². The van der Waals surface area contributed by atoms with E-state index in [1.165, 1.54) is 0 Å². The van der Waals surface area contributed by atoms with E-state index in [0.29, 0.717) is 18.1 Å². The van der Waals surface area contributed by atoms with Crippen LogP contribution in [-0.4, -0.2) is 7.11 Å². The highest BCUT2D eigenvalue weighted by Crippen LogP contribution is 2.34. The number of fused-ring (bicyclic) bond motifs is 3. The lowest BCUT2D eigenvalue weighted by Gasteiger charge is -2.22. The molecule has 0 saturated heterocycles. The first kappa shape index (κ1) is 17.7. The van der Waals surface area contributed by atoms with Crippen LogP contribution in [0.3, 0.4) is 0 Å². The molecule has 1 aliphatic rings. The molecule has 1 atom stereocenters. The number of rotatable bonds is 4. The Labute approximate surface area is 158 Å². The molecule has 3 aromatic rings. The van der Waals surface area contributed by atoms with E-state index in [4.69, 9.17) is 13.9 Å². The van der Waals surface area contributed by atoms with Crippen molar-refractivity contribution in [3.8, 4) is 11.5 Å². The van der Waals surface area contributed by atoms with Gasteiger partial charge in [-0.3, -0.25) is 0 Å². The maximum Gasteiger partial charge on any atom is 0.339 e. The van der Waals surface area contributed by atoms with Crippen molar-refractivity contribution in [1.82, 2.24) is 0 Å². The zero-order valence-corrected chi connectivity index (χ0v) is 16.0. The van der Waals surface area contributed by atoms with Crippen LogP contribution in [0.25, 0.3) is 11.0 Å². The average molecular weight is 364 g/mol. The second-order valence-electron chi connectivity index (χ2n) is 7.40. The lowest BCUT2D eigenvalue weighted by Crippen LogP contribution is -2.20. The Bertz CT molecular complexity index is 1050. The number of methoxy groups -OCH3 is 1. The van der Waals surface area contributed by atoms with Crippen LogP contribution in [0.5, 0.6) is 11.5 Å². The Morgan fingerprint density at radius 2 is 2.04 bits per heavy atom. The molecule has 1 heterocycles. The van der Waals surface area contributed by atoms with Crippen molar-refractivity contribution >= 4 is 11.0 Å². The first-order valence-corrected chi connectivity index (χ1v) is 9.40. The highest BCUT2D eigenvalue weighted by molar-refractivity contribution is 5.86. The van der Waals surface area contributed by atoms with Gasteiger partial charge in [0, 0.05) is 16.5 Å². The number of hydrogen-bond acceptors (Lipinski definition) is 4. The highest BCUT2D eigenvalue weighted by Gasteiger charge is 2.23. The van der Waals surface area contributed by atoms with Crippen LogP contribution < -0.4 is 15.1 Å². The lowest BCUT2D eigenvalue weighted by molar-refractivity contribution is 0.303. The molecule has 1 unspecified atom stereocenters. The van der Waals surface area contributed by atoms with Crippen LogP contribution in [-0.2, 0) is 19.4 Å². The minimum atomic E-state index is -0.197. The van der Waals surface area contributed by atoms with Gasteiger partial charge in [-0.2, -0.15) is 0 Å². The summed E-state index contributed by atoms with van der Waals surface area (Å²) in [6.07, 6.45) is 2.78. The van der Waals surface area contributed by atoms with Crippen LogP contribution in [0, 0.1) is 12.8 Å². The van der Waals surface area contributed by atoms with Crippen molar-refractivity contribution in [2.45, 2.75) is 39.7 Å². The Morgan fingerprint density at radius 3 is 2.85 bits per heavy atom. The standard InChI is InChI=1S/C23H24O4/c1-14-7-8-19-20(11-14)18-9-10-21(15(2)22(18)27-23(19)24)26-13-16-5-4-6-17(12-16)25-3/h4-6,9-10,12,14H,7-8,11,13H2,1-3H3. The van der Waals surface area contributed by atoms with Crippen molar-refractivity contribution in [2.75, 3.05) is 7.11 Å². The number of benzene rings is 2. The minimum Gasteiger partial charge on any atom is -0.497 e. The average Bonchev–Trinajstić information content (AvgIpc) is 2.68. The summed E-state index contributed by atoms with van der Waals surface area (Å²) in [6, 6.07) is 11.8. The molecule has 0 fully saturated rings. The summed E-state index contributed by atoms with van der Waals surface area (Å²) in [5.41, 5.74) is 4.35. The van der Waals surface area contributed by atoms with E-state index >= 15 is 0 Å². The first-order valence-electron chi connectivity index (χ1n) is 9.40. The van der Waals surface area contributed by atoms with Gasteiger partial charge in [0.25, 0.3) is 0 Å². The Morgan fingerprint density at radius 1 is 1.19 bits per heavy atom. The van der Waals surface area contributed by atoms with Gasteiger partial charge < -0.3 is 13.9 Å². The van der Waals surface area contributed by atoms with Crippen molar-refractivity contribution in [1.29, 1.82) is 0 Å². The summed E-state index contributed by atoms with van der Waals surface area (Å²) < 4.78 is 17.0. The summed E-state index contributed by atoms with van der Waals surface area (Å²) in [7, 11) is 1.65. The fourth-order valence-corrected chi connectivity index (χ4v) is 3.89. The second kappa shape index (κ2) is 7.10. The van der Waals surface area contributed by atoms with E-state index in [0.717, 1.165) is 58.4 Å². The van der Waals surface area contributed by atoms with E-state index in [9.17, 15) is 4.79 Å². The zero-order valence-electron chi connectivity index (χ0n) is 16.0. The second-order valence-corrected chi connectivity index (χ2v) is 7.40. The lowest BCUT2D eigenvalue weighted by atomic mass is 9.84. The molecule has 4 heteroatoms. The highest BCUT2D eigenvalue weighted by atomic mass is 16.5.